The number of ether oxygens (including phenoxy) is 2. The largest absolute Gasteiger partial charge is 0.464 e. The third-order valence-corrected chi connectivity index (χ3v) is 5.12. The highest BCUT2D eigenvalue weighted by molar-refractivity contribution is 5.88. The number of urea groups is 1. The molecular weight excluding hydrogens is 448 g/mol. The van der Waals surface area contributed by atoms with Crippen LogP contribution < -0.4 is 5.32 Å². The van der Waals surface area contributed by atoms with Gasteiger partial charge in [-0.1, -0.05) is 56.3 Å². The lowest BCUT2D eigenvalue weighted by Gasteiger charge is -2.30. The number of esters is 2. The monoisotopic (exact) mass is 486 g/mol. The normalized spacial score (nSPS) is 13.3. The first-order chi connectivity index (χ1) is 16.4. The molecular formula is C27H38N2O6. The lowest BCUT2D eigenvalue weighted by atomic mass is 9.98. The van der Waals surface area contributed by atoms with Crippen molar-refractivity contribution in [1.29, 1.82) is 0 Å². The summed E-state index contributed by atoms with van der Waals surface area (Å²) in [5.41, 5.74) is 0.150. The van der Waals surface area contributed by atoms with Crippen LogP contribution in [0.5, 0.6) is 0 Å². The van der Waals surface area contributed by atoms with E-state index in [1.165, 1.54) is 4.90 Å². The van der Waals surface area contributed by atoms with Crippen molar-refractivity contribution in [3.63, 3.8) is 0 Å². The standard InChI is InChI=1S/C27H38N2O6/c1-7-34-25(32)23(30)17-29(16-18(2)3)26(33)28-22(24(31)35-27(4,5)6)15-20-13-10-12-19-11-8-9-14-21(19)20/h8-14,18,22-23,30H,7,15-17H2,1-6H3,(H,28,33). The number of fused-ring (bicyclic) bond motifs is 1. The second-order valence-corrected chi connectivity index (χ2v) is 9.94. The van der Waals surface area contributed by atoms with E-state index in [0.29, 0.717) is 0 Å². The molecule has 2 amide bonds. The smallest absolute Gasteiger partial charge is 0.336 e. The number of amides is 2. The van der Waals surface area contributed by atoms with Crippen LogP contribution in [-0.2, 0) is 25.5 Å². The lowest BCUT2D eigenvalue weighted by Crippen LogP contribution is -2.53. The zero-order chi connectivity index (χ0) is 26.2. The van der Waals surface area contributed by atoms with Gasteiger partial charge in [0.15, 0.2) is 6.10 Å². The quantitative estimate of drug-likeness (QED) is 0.497. The van der Waals surface area contributed by atoms with E-state index in [1.807, 2.05) is 56.3 Å². The molecule has 2 aromatic rings. The molecule has 0 fully saturated rings. The van der Waals surface area contributed by atoms with Gasteiger partial charge in [-0.25, -0.2) is 14.4 Å². The highest BCUT2D eigenvalue weighted by atomic mass is 16.6. The van der Waals surface area contributed by atoms with Crippen molar-refractivity contribution in [1.82, 2.24) is 10.2 Å². The second kappa shape index (κ2) is 12.5. The number of aliphatic hydroxyl groups is 1. The van der Waals surface area contributed by atoms with Gasteiger partial charge in [0.05, 0.1) is 13.2 Å². The Bertz CT molecular complexity index is 1010. The first-order valence-corrected chi connectivity index (χ1v) is 12.0. The van der Waals surface area contributed by atoms with E-state index < -0.39 is 35.7 Å². The molecule has 0 bridgehead atoms. The topological polar surface area (TPSA) is 105 Å². The van der Waals surface area contributed by atoms with Crippen molar-refractivity contribution >= 4 is 28.7 Å². The van der Waals surface area contributed by atoms with Gasteiger partial charge < -0.3 is 24.8 Å². The molecule has 35 heavy (non-hydrogen) atoms. The Morgan fingerprint density at radius 2 is 1.66 bits per heavy atom. The molecule has 192 valence electrons. The van der Waals surface area contributed by atoms with Crippen LogP contribution in [0.1, 0.15) is 47.1 Å². The molecule has 0 heterocycles. The number of nitrogens with one attached hydrogen (secondary N) is 1. The van der Waals surface area contributed by atoms with E-state index >= 15 is 0 Å². The first-order valence-electron chi connectivity index (χ1n) is 12.0. The second-order valence-electron chi connectivity index (χ2n) is 9.94. The van der Waals surface area contributed by atoms with Gasteiger partial charge in [0.1, 0.15) is 11.6 Å². The van der Waals surface area contributed by atoms with Crippen molar-refractivity contribution in [2.45, 2.75) is 65.7 Å². The summed E-state index contributed by atoms with van der Waals surface area (Å²) >= 11 is 0. The molecule has 0 aliphatic carbocycles. The molecule has 0 aliphatic rings. The maximum atomic E-state index is 13.3. The van der Waals surface area contributed by atoms with Crippen molar-refractivity contribution < 1.29 is 29.0 Å². The van der Waals surface area contributed by atoms with E-state index in [9.17, 15) is 19.5 Å². The number of benzene rings is 2. The minimum absolute atomic E-state index is 0.0631. The highest BCUT2D eigenvalue weighted by Crippen LogP contribution is 2.21. The zero-order valence-electron chi connectivity index (χ0n) is 21.5. The number of aliphatic hydroxyl groups excluding tert-OH is 1. The van der Waals surface area contributed by atoms with Gasteiger partial charge in [-0.2, -0.15) is 0 Å². The van der Waals surface area contributed by atoms with Crippen LogP contribution in [0.25, 0.3) is 10.8 Å². The Balaban J connectivity index is 2.31. The summed E-state index contributed by atoms with van der Waals surface area (Å²) in [4.78, 5) is 39.7. The molecule has 0 spiro atoms. The van der Waals surface area contributed by atoms with Gasteiger partial charge in [0, 0.05) is 13.0 Å². The fraction of sp³-hybridized carbons (Fsp3) is 0.519. The third-order valence-electron chi connectivity index (χ3n) is 5.12. The average molecular weight is 487 g/mol. The van der Waals surface area contributed by atoms with E-state index in [4.69, 9.17) is 9.47 Å². The molecule has 2 unspecified atom stereocenters. The van der Waals surface area contributed by atoms with Crippen LogP contribution >= 0.6 is 0 Å². The van der Waals surface area contributed by atoms with Gasteiger partial charge in [0.2, 0.25) is 0 Å². The summed E-state index contributed by atoms with van der Waals surface area (Å²) in [6.07, 6.45) is -1.27. The van der Waals surface area contributed by atoms with Gasteiger partial charge in [-0.05, 0) is 49.9 Å². The number of hydrogen-bond acceptors (Lipinski definition) is 6. The van der Waals surface area contributed by atoms with E-state index in [0.717, 1.165) is 16.3 Å². The third kappa shape index (κ3) is 8.87. The molecule has 0 aromatic heterocycles. The molecule has 0 radical (unpaired) electrons. The average Bonchev–Trinajstić information content (AvgIpc) is 2.77. The number of hydrogen-bond donors (Lipinski definition) is 2. The van der Waals surface area contributed by atoms with Crippen LogP contribution in [0.3, 0.4) is 0 Å². The number of carbonyl (C=O) groups is 3. The predicted octanol–water partition coefficient (Wildman–Crippen LogP) is 3.68. The van der Waals surface area contributed by atoms with Crippen molar-refractivity contribution in [2.24, 2.45) is 5.92 Å². The Morgan fingerprint density at radius 3 is 2.29 bits per heavy atom. The lowest BCUT2D eigenvalue weighted by molar-refractivity contribution is -0.157. The number of rotatable bonds is 10. The van der Waals surface area contributed by atoms with Crippen LogP contribution in [0.15, 0.2) is 42.5 Å². The molecule has 0 saturated heterocycles. The minimum Gasteiger partial charge on any atom is -0.464 e. The van der Waals surface area contributed by atoms with E-state index in [-0.39, 0.29) is 32.0 Å². The molecule has 2 aromatic carbocycles. The van der Waals surface area contributed by atoms with Gasteiger partial charge in [0.25, 0.3) is 0 Å². The summed E-state index contributed by atoms with van der Waals surface area (Å²) in [7, 11) is 0. The van der Waals surface area contributed by atoms with Crippen LogP contribution in [0.4, 0.5) is 4.79 Å². The predicted molar refractivity (Wildman–Crippen MR) is 135 cm³/mol. The zero-order valence-corrected chi connectivity index (χ0v) is 21.5. The Labute approximate surface area is 207 Å². The van der Waals surface area contributed by atoms with E-state index in [2.05, 4.69) is 5.32 Å². The van der Waals surface area contributed by atoms with Crippen molar-refractivity contribution in [3.8, 4) is 0 Å². The van der Waals surface area contributed by atoms with Crippen molar-refractivity contribution in [3.05, 3.63) is 48.0 Å². The first kappa shape index (κ1) is 28.1. The Hall–Kier alpha value is -3.13. The highest BCUT2D eigenvalue weighted by Gasteiger charge is 2.31. The molecule has 2 atom stereocenters. The molecule has 0 saturated carbocycles. The van der Waals surface area contributed by atoms with Gasteiger partial charge in [-0.3, -0.25) is 0 Å². The fourth-order valence-corrected chi connectivity index (χ4v) is 3.70. The summed E-state index contributed by atoms with van der Waals surface area (Å²) < 4.78 is 10.5. The molecule has 2 N–H and O–H groups in total. The van der Waals surface area contributed by atoms with Gasteiger partial charge in [-0.15, -0.1) is 0 Å². The van der Waals surface area contributed by atoms with Crippen molar-refractivity contribution in [2.75, 3.05) is 19.7 Å². The molecule has 2 rings (SSSR count). The SMILES string of the molecule is CCOC(=O)C(O)CN(CC(C)C)C(=O)NC(Cc1cccc2ccccc12)C(=O)OC(C)(C)C. The summed E-state index contributed by atoms with van der Waals surface area (Å²) in [6, 6.07) is 12.1. The molecule has 8 heteroatoms. The summed E-state index contributed by atoms with van der Waals surface area (Å²) in [5.74, 6) is -1.30. The molecule has 8 nitrogen and oxygen atoms in total. The van der Waals surface area contributed by atoms with Crippen LogP contribution in [0.2, 0.25) is 0 Å². The fourth-order valence-electron chi connectivity index (χ4n) is 3.70. The Kier molecular flexibility index (Phi) is 10.1. The minimum atomic E-state index is -1.49. The number of carbonyl (C=O) groups excluding carboxylic acids is 3. The maximum Gasteiger partial charge on any atom is 0.336 e. The summed E-state index contributed by atoms with van der Waals surface area (Å²) in [6.45, 7) is 10.9. The number of nitrogens with zero attached hydrogens (tertiary/aromatic N) is 1. The Morgan fingerprint density at radius 1 is 1.00 bits per heavy atom. The van der Waals surface area contributed by atoms with Gasteiger partial charge >= 0.3 is 18.0 Å². The van der Waals surface area contributed by atoms with Crippen LogP contribution in [-0.4, -0.2) is 65.4 Å². The molecule has 0 aliphatic heterocycles. The maximum absolute atomic E-state index is 13.3. The summed E-state index contributed by atoms with van der Waals surface area (Å²) in [5, 5.41) is 15.0. The van der Waals surface area contributed by atoms with Crippen LogP contribution in [0, 0.1) is 5.92 Å². The van der Waals surface area contributed by atoms with E-state index in [1.54, 1.807) is 27.7 Å².